The summed E-state index contributed by atoms with van der Waals surface area (Å²) < 4.78 is 6.80. The predicted molar refractivity (Wildman–Crippen MR) is 109 cm³/mol. The molecular formula is C20H19N5O4. The molecule has 1 N–H and O–H groups in total. The second-order valence-corrected chi connectivity index (χ2v) is 6.23. The molecule has 9 heteroatoms. The number of hydrazone groups is 1. The summed E-state index contributed by atoms with van der Waals surface area (Å²) in [5.74, 6) is 0.00216. The van der Waals surface area contributed by atoms with E-state index in [1.807, 2.05) is 30.5 Å². The number of anilines is 1. The Labute approximate surface area is 166 Å². The zero-order chi connectivity index (χ0) is 21.0. The van der Waals surface area contributed by atoms with Crippen LogP contribution in [0.15, 0.2) is 53.8 Å². The second kappa shape index (κ2) is 8.34. The topological polar surface area (TPSA) is 112 Å². The quantitative estimate of drug-likeness (QED) is 0.296. The molecular weight excluding hydrogens is 374 g/mol. The van der Waals surface area contributed by atoms with Gasteiger partial charge in [0.2, 0.25) is 0 Å². The molecule has 0 radical (unpaired) electrons. The molecule has 0 bridgehead atoms. The lowest BCUT2D eigenvalue weighted by Crippen LogP contribution is -2.05. The highest BCUT2D eigenvalue weighted by molar-refractivity contribution is 5.90. The minimum Gasteiger partial charge on any atom is -0.465 e. The molecule has 0 saturated carbocycles. The fourth-order valence-electron chi connectivity index (χ4n) is 2.93. The lowest BCUT2D eigenvalue weighted by Gasteiger charge is -2.10. The smallest absolute Gasteiger partial charge is 0.337 e. The molecule has 0 aliphatic carbocycles. The van der Waals surface area contributed by atoms with Crippen molar-refractivity contribution in [3.63, 3.8) is 0 Å². The molecule has 148 valence electrons. The molecule has 2 heterocycles. The number of ether oxygens (including phenoxy) is 1. The Morgan fingerprint density at radius 3 is 2.72 bits per heavy atom. The van der Waals surface area contributed by atoms with Gasteiger partial charge in [0.15, 0.2) is 0 Å². The fraction of sp³-hybridized carbons (Fsp3) is 0.150. The minimum absolute atomic E-state index is 0.0859. The molecule has 0 fully saturated rings. The number of pyridine rings is 1. The number of rotatable bonds is 6. The van der Waals surface area contributed by atoms with Gasteiger partial charge in [-0.3, -0.25) is 15.5 Å². The normalized spacial score (nSPS) is 10.9. The highest BCUT2D eigenvalue weighted by Gasteiger charge is 2.12. The van der Waals surface area contributed by atoms with Crippen LogP contribution in [0.5, 0.6) is 0 Å². The lowest BCUT2D eigenvalue weighted by atomic mass is 10.2. The Bertz CT molecular complexity index is 1090. The van der Waals surface area contributed by atoms with Crippen molar-refractivity contribution in [3.05, 3.63) is 81.3 Å². The van der Waals surface area contributed by atoms with Gasteiger partial charge in [-0.1, -0.05) is 6.07 Å². The number of aromatic nitrogens is 2. The first kappa shape index (κ1) is 19.7. The van der Waals surface area contributed by atoms with Gasteiger partial charge in [0.1, 0.15) is 12.0 Å². The lowest BCUT2D eigenvalue weighted by molar-refractivity contribution is -0.385. The van der Waals surface area contributed by atoms with Crippen LogP contribution in [-0.2, 0) is 4.74 Å². The molecule has 3 aromatic rings. The van der Waals surface area contributed by atoms with E-state index in [2.05, 4.69) is 15.5 Å². The summed E-state index contributed by atoms with van der Waals surface area (Å²) in [6.07, 6.45) is 2.81. The standard InChI is InChI=1S/C20H19N5O4/c1-13-9-16(11-22-23-19-8-7-18(12-21-19)25(27)28)14(2)24(13)17-6-4-5-15(10-17)20(26)29-3/h4-12H,1-3H3,(H,21,23)/b22-11-. The number of nitro groups is 1. The van der Waals surface area contributed by atoms with Crippen LogP contribution < -0.4 is 5.43 Å². The summed E-state index contributed by atoms with van der Waals surface area (Å²) in [5, 5.41) is 14.8. The molecule has 3 rings (SSSR count). The minimum atomic E-state index is -0.510. The van der Waals surface area contributed by atoms with Crippen LogP contribution in [0.4, 0.5) is 11.5 Å². The zero-order valence-electron chi connectivity index (χ0n) is 16.1. The molecule has 29 heavy (non-hydrogen) atoms. The molecule has 0 aliphatic heterocycles. The van der Waals surface area contributed by atoms with Crippen molar-refractivity contribution in [2.75, 3.05) is 12.5 Å². The molecule has 0 unspecified atom stereocenters. The van der Waals surface area contributed by atoms with Gasteiger partial charge >= 0.3 is 5.97 Å². The summed E-state index contributed by atoms with van der Waals surface area (Å²) in [6.45, 7) is 3.91. The first-order chi connectivity index (χ1) is 13.9. The van der Waals surface area contributed by atoms with E-state index < -0.39 is 10.9 Å². The number of aryl methyl sites for hydroxylation is 1. The average molecular weight is 393 g/mol. The van der Waals surface area contributed by atoms with Gasteiger partial charge in [-0.2, -0.15) is 5.10 Å². The van der Waals surface area contributed by atoms with Gasteiger partial charge in [0.05, 0.1) is 23.8 Å². The van der Waals surface area contributed by atoms with Crippen molar-refractivity contribution in [1.29, 1.82) is 0 Å². The molecule has 2 aromatic heterocycles. The SMILES string of the molecule is COC(=O)c1cccc(-n2c(C)cc(/C=N\Nc3ccc([N+](=O)[O-])cn3)c2C)c1. The van der Waals surface area contributed by atoms with Crippen molar-refractivity contribution < 1.29 is 14.5 Å². The highest BCUT2D eigenvalue weighted by Crippen LogP contribution is 2.21. The first-order valence-electron chi connectivity index (χ1n) is 8.68. The number of methoxy groups -OCH3 is 1. The Balaban J connectivity index is 1.81. The molecule has 0 spiro atoms. The van der Waals surface area contributed by atoms with Crippen LogP contribution in [0.25, 0.3) is 5.69 Å². The number of nitrogens with zero attached hydrogens (tertiary/aromatic N) is 4. The van der Waals surface area contributed by atoms with E-state index >= 15 is 0 Å². The molecule has 1 aromatic carbocycles. The Kier molecular flexibility index (Phi) is 5.68. The number of hydrogen-bond donors (Lipinski definition) is 1. The average Bonchev–Trinajstić information content (AvgIpc) is 3.01. The third-order valence-corrected chi connectivity index (χ3v) is 4.34. The molecule has 0 aliphatic rings. The number of carbonyl (C=O) groups is 1. The van der Waals surface area contributed by atoms with Crippen molar-refractivity contribution in [2.45, 2.75) is 13.8 Å². The van der Waals surface area contributed by atoms with E-state index in [0.29, 0.717) is 11.4 Å². The van der Waals surface area contributed by atoms with Gasteiger partial charge < -0.3 is 9.30 Å². The van der Waals surface area contributed by atoms with Crippen LogP contribution in [-0.4, -0.2) is 33.8 Å². The van der Waals surface area contributed by atoms with E-state index in [4.69, 9.17) is 4.74 Å². The molecule has 0 saturated heterocycles. The number of carbonyl (C=O) groups excluding carboxylic acids is 1. The first-order valence-corrected chi connectivity index (χ1v) is 8.68. The van der Waals surface area contributed by atoms with Crippen molar-refractivity contribution in [2.24, 2.45) is 5.10 Å². The van der Waals surface area contributed by atoms with Gasteiger partial charge in [0.25, 0.3) is 5.69 Å². The highest BCUT2D eigenvalue weighted by atomic mass is 16.6. The van der Waals surface area contributed by atoms with E-state index in [9.17, 15) is 14.9 Å². The van der Waals surface area contributed by atoms with Gasteiger partial charge in [-0.15, -0.1) is 0 Å². The third-order valence-electron chi connectivity index (χ3n) is 4.34. The van der Waals surface area contributed by atoms with Gasteiger partial charge in [-0.25, -0.2) is 9.78 Å². The number of benzene rings is 1. The van der Waals surface area contributed by atoms with Crippen molar-refractivity contribution >= 4 is 23.7 Å². The third kappa shape index (κ3) is 4.29. The summed E-state index contributed by atoms with van der Waals surface area (Å²) >= 11 is 0. The van der Waals surface area contributed by atoms with E-state index in [1.165, 1.54) is 19.2 Å². The van der Waals surface area contributed by atoms with Crippen LogP contribution in [0.3, 0.4) is 0 Å². The van der Waals surface area contributed by atoms with Gasteiger partial charge in [-0.05, 0) is 44.2 Å². The fourth-order valence-corrected chi connectivity index (χ4v) is 2.93. The van der Waals surface area contributed by atoms with Gasteiger partial charge in [0, 0.05) is 28.7 Å². The van der Waals surface area contributed by atoms with E-state index in [-0.39, 0.29) is 5.69 Å². The number of hydrogen-bond acceptors (Lipinski definition) is 7. The summed E-state index contributed by atoms with van der Waals surface area (Å²) in [4.78, 5) is 25.9. The number of nitrogens with one attached hydrogen (secondary N) is 1. The van der Waals surface area contributed by atoms with Crippen molar-refractivity contribution in [3.8, 4) is 5.69 Å². The van der Waals surface area contributed by atoms with E-state index in [1.54, 1.807) is 24.4 Å². The Morgan fingerprint density at radius 1 is 1.28 bits per heavy atom. The largest absolute Gasteiger partial charge is 0.465 e. The Morgan fingerprint density at radius 2 is 2.07 bits per heavy atom. The second-order valence-electron chi connectivity index (χ2n) is 6.23. The Hall–Kier alpha value is -4.01. The van der Waals surface area contributed by atoms with Crippen LogP contribution in [0, 0.1) is 24.0 Å². The van der Waals surface area contributed by atoms with Crippen LogP contribution in [0.1, 0.15) is 27.3 Å². The molecule has 9 nitrogen and oxygen atoms in total. The summed E-state index contributed by atoms with van der Waals surface area (Å²) in [6, 6.07) is 12.0. The van der Waals surface area contributed by atoms with Crippen molar-refractivity contribution in [1.82, 2.24) is 9.55 Å². The molecule has 0 amide bonds. The predicted octanol–water partition coefficient (Wildman–Crippen LogP) is 3.63. The van der Waals surface area contributed by atoms with E-state index in [0.717, 1.165) is 28.8 Å². The maximum atomic E-state index is 11.8. The van der Waals surface area contributed by atoms with Crippen LogP contribution >= 0.6 is 0 Å². The zero-order valence-corrected chi connectivity index (χ0v) is 16.1. The maximum absolute atomic E-state index is 11.8. The van der Waals surface area contributed by atoms with Crippen LogP contribution in [0.2, 0.25) is 0 Å². The summed E-state index contributed by atoms with van der Waals surface area (Å²) in [5.41, 5.74) is 6.76. The maximum Gasteiger partial charge on any atom is 0.337 e. The molecule has 0 atom stereocenters. The monoisotopic (exact) mass is 393 g/mol. The summed E-state index contributed by atoms with van der Waals surface area (Å²) in [7, 11) is 1.35. The number of esters is 1.